The highest BCUT2D eigenvalue weighted by atomic mass is 16.1. The Morgan fingerprint density at radius 3 is 3.06 bits per heavy atom. The van der Waals surface area contributed by atoms with Crippen LogP contribution in [0.5, 0.6) is 0 Å². The molecule has 0 saturated heterocycles. The van der Waals surface area contributed by atoms with Gasteiger partial charge in [0.1, 0.15) is 0 Å². The first-order valence-electron chi connectivity index (χ1n) is 6.52. The van der Waals surface area contributed by atoms with E-state index in [4.69, 9.17) is 0 Å². The van der Waals surface area contributed by atoms with Crippen LogP contribution in [0.3, 0.4) is 0 Å². The summed E-state index contributed by atoms with van der Waals surface area (Å²) in [6, 6.07) is 0.409. The van der Waals surface area contributed by atoms with Crippen molar-refractivity contribution in [2.24, 2.45) is 5.92 Å². The number of anilines is 1. The molecule has 1 aromatic rings. The maximum absolute atomic E-state index is 12.0. The van der Waals surface area contributed by atoms with Crippen LogP contribution >= 0.6 is 0 Å². The minimum absolute atomic E-state index is 0.00627. The second-order valence-electron chi connectivity index (χ2n) is 4.98. The van der Waals surface area contributed by atoms with E-state index in [9.17, 15) is 4.79 Å². The van der Waals surface area contributed by atoms with Crippen LogP contribution in [0.2, 0.25) is 0 Å². The lowest BCUT2D eigenvalue weighted by molar-refractivity contribution is 0.358. The quantitative estimate of drug-likeness (QED) is 0.874. The normalized spacial score (nSPS) is 24.6. The zero-order valence-electron chi connectivity index (χ0n) is 10.6. The van der Waals surface area contributed by atoms with Gasteiger partial charge >= 0.3 is 0 Å². The van der Waals surface area contributed by atoms with Crippen LogP contribution in [0.25, 0.3) is 0 Å². The lowest BCUT2D eigenvalue weighted by Gasteiger charge is -2.27. The molecule has 1 heterocycles. The van der Waals surface area contributed by atoms with E-state index in [1.165, 1.54) is 12.8 Å². The van der Waals surface area contributed by atoms with Gasteiger partial charge in [-0.1, -0.05) is 19.8 Å². The van der Waals surface area contributed by atoms with E-state index in [0.717, 1.165) is 18.8 Å². The van der Waals surface area contributed by atoms with Crippen LogP contribution in [0.15, 0.2) is 17.2 Å². The molecule has 1 aliphatic carbocycles. The van der Waals surface area contributed by atoms with Gasteiger partial charge in [-0.2, -0.15) is 0 Å². The van der Waals surface area contributed by atoms with E-state index < -0.39 is 0 Å². The largest absolute Gasteiger partial charge is 0.363 e. The van der Waals surface area contributed by atoms with Crippen molar-refractivity contribution >= 4 is 5.82 Å². The van der Waals surface area contributed by atoms with Gasteiger partial charge in [0.25, 0.3) is 5.56 Å². The molecular weight excluding hydrogens is 214 g/mol. The molecule has 2 rings (SSSR count). The van der Waals surface area contributed by atoms with Gasteiger partial charge in [0.2, 0.25) is 0 Å². The fourth-order valence-corrected chi connectivity index (χ4v) is 2.55. The molecule has 1 aliphatic rings. The van der Waals surface area contributed by atoms with E-state index in [1.54, 1.807) is 17.0 Å². The van der Waals surface area contributed by atoms with Gasteiger partial charge in [-0.15, -0.1) is 0 Å². The van der Waals surface area contributed by atoms with Crippen molar-refractivity contribution in [2.45, 2.75) is 52.1 Å². The fourth-order valence-electron chi connectivity index (χ4n) is 2.55. The zero-order valence-corrected chi connectivity index (χ0v) is 10.6. The van der Waals surface area contributed by atoms with Crippen molar-refractivity contribution in [1.82, 2.24) is 9.55 Å². The summed E-state index contributed by atoms with van der Waals surface area (Å²) in [7, 11) is 0. The van der Waals surface area contributed by atoms with Gasteiger partial charge in [0.15, 0.2) is 5.82 Å². The number of nitrogens with zero attached hydrogens (tertiary/aromatic N) is 2. The Kier molecular flexibility index (Phi) is 3.82. The van der Waals surface area contributed by atoms with Crippen molar-refractivity contribution in [2.75, 3.05) is 5.32 Å². The molecule has 2 unspecified atom stereocenters. The topological polar surface area (TPSA) is 46.9 Å². The summed E-state index contributed by atoms with van der Waals surface area (Å²) in [4.78, 5) is 16.2. The van der Waals surface area contributed by atoms with Crippen LogP contribution < -0.4 is 10.9 Å². The molecule has 0 aromatic carbocycles. The maximum atomic E-state index is 12.0. The van der Waals surface area contributed by atoms with Crippen molar-refractivity contribution in [1.29, 1.82) is 0 Å². The molecule has 0 aliphatic heterocycles. The Balaban J connectivity index is 2.10. The SMILES string of the molecule is CCn1ccnc(NC2CCCC(C)C2)c1=O. The molecule has 17 heavy (non-hydrogen) atoms. The van der Waals surface area contributed by atoms with Crippen molar-refractivity contribution in [3.8, 4) is 0 Å². The van der Waals surface area contributed by atoms with Gasteiger partial charge in [-0.25, -0.2) is 4.98 Å². The predicted octanol–water partition coefficient (Wildman–Crippen LogP) is 2.25. The number of aryl methyl sites for hydroxylation is 1. The molecule has 2 atom stereocenters. The minimum Gasteiger partial charge on any atom is -0.363 e. The van der Waals surface area contributed by atoms with Crippen molar-refractivity contribution < 1.29 is 0 Å². The molecule has 0 spiro atoms. The van der Waals surface area contributed by atoms with Crippen LogP contribution in [-0.2, 0) is 6.54 Å². The average Bonchev–Trinajstić information content (AvgIpc) is 2.32. The third-order valence-electron chi connectivity index (χ3n) is 3.53. The van der Waals surface area contributed by atoms with Gasteiger partial charge < -0.3 is 9.88 Å². The molecule has 0 radical (unpaired) electrons. The number of rotatable bonds is 3. The molecule has 1 fully saturated rings. The molecular formula is C13H21N3O. The standard InChI is InChI=1S/C13H21N3O/c1-3-16-8-7-14-12(13(16)17)15-11-6-4-5-10(2)9-11/h7-8,10-11H,3-6,9H2,1-2H3,(H,14,15). The maximum Gasteiger partial charge on any atom is 0.293 e. The summed E-state index contributed by atoms with van der Waals surface area (Å²) >= 11 is 0. The first-order valence-corrected chi connectivity index (χ1v) is 6.52. The summed E-state index contributed by atoms with van der Waals surface area (Å²) in [5.74, 6) is 1.26. The zero-order chi connectivity index (χ0) is 12.3. The van der Waals surface area contributed by atoms with E-state index in [0.29, 0.717) is 18.4 Å². The van der Waals surface area contributed by atoms with Gasteiger partial charge in [0.05, 0.1) is 0 Å². The lowest BCUT2D eigenvalue weighted by atomic mass is 9.87. The molecule has 0 amide bonds. The molecule has 0 bridgehead atoms. The summed E-state index contributed by atoms with van der Waals surface area (Å²) in [6.45, 7) is 4.93. The van der Waals surface area contributed by atoms with Gasteiger partial charge in [0, 0.05) is 25.0 Å². The predicted molar refractivity (Wildman–Crippen MR) is 69.2 cm³/mol. The Morgan fingerprint density at radius 1 is 1.53 bits per heavy atom. The second-order valence-corrected chi connectivity index (χ2v) is 4.98. The molecule has 94 valence electrons. The summed E-state index contributed by atoms with van der Waals surface area (Å²) in [5.41, 5.74) is -0.00627. The van der Waals surface area contributed by atoms with Crippen LogP contribution in [0, 0.1) is 5.92 Å². The summed E-state index contributed by atoms with van der Waals surface area (Å²) in [6.07, 6.45) is 8.26. The third kappa shape index (κ3) is 2.87. The summed E-state index contributed by atoms with van der Waals surface area (Å²) in [5, 5.41) is 3.31. The number of aromatic nitrogens is 2. The molecule has 4 heteroatoms. The number of nitrogens with one attached hydrogen (secondary N) is 1. The first kappa shape index (κ1) is 12.1. The fraction of sp³-hybridized carbons (Fsp3) is 0.692. The molecule has 4 nitrogen and oxygen atoms in total. The Bertz CT molecular complexity index is 427. The van der Waals surface area contributed by atoms with E-state index in [1.807, 2.05) is 6.92 Å². The van der Waals surface area contributed by atoms with Crippen molar-refractivity contribution in [3.63, 3.8) is 0 Å². The number of hydrogen-bond acceptors (Lipinski definition) is 3. The van der Waals surface area contributed by atoms with Gasteiger partial charge in [-0.05, 0) is 25.7 Å². The molecule has 1 aromatic heterocycles. The Morgan fingerprint density at radius 2 is 2.35 bits per heavy atom. The first-order chi connectivity index (χ1) is 8.20. The summed E-state index contributed by atoms with van der Waals surface area (Å²) < 4.78 is 1.68. The minimum atomic E-state index is -0.00627. The number of hydrogen-bond donors (Lipinski definition) is 1. The Labute approximate surface area is 102 Å². The monoisotopic (exact) mass is 235 g/mol. The Hall–Kier alpha value is -1.32. The highest BCUT2D eigenvalue weighted by molar-refractivity contribution is 5.32. The van der Waals surface area contributed by atoms with Crippen molar-refractivity contribution in [3.05, 3.63) is 22.7 Å². The molecule has 1 N–H and O–H groups in total. The highest BCUT2D eigenvalue weighted by Gasteiger charge is 2.19. The third-order valence-corrected chi connectivity index (χ3v) is 3.53. The smallest absolute Gasteiger partial charge is 0.293 e. The van der Waals surface area contributed by atoms with E-state index in [-0.39, 0.29) is 5.56 Å². The van der Waals surface area contributed by atoms with E-state index in [2.05, 4.69) is 17.2 Å². The van der Waals surface area contributed by atoms with Crippen LogP contribution in [0.1, 0.15) is 39.5 Å². The lowest BCUT2D eigenvalue weighted by Crippen LogP contribution is -2.31. The van der Waals surface area contributed by atoms with Gasteiger partial charge in [-0.3, -0.25) is 4.79 Å². The average molecular weight is 235 g/mol. The van der Waals surface area contributed by atoms with E-state index >= 15 is 0 Å². The van der Waals surface area contributed by atoms with Crippen LogP contribution in [0.4, 0.5) is 5.82 Å². The van der Waals surface area contributed by atoms with Crippen LogP contribution in [-0.4, -0.2) is 15.6 Å². The second kappa shape index (κ2) is 5.34. The molecule has 1 saturated carbocycles. The highest BCUT2D eigenvalue weighted by Crippen LogP contribution is 2.24.